The molecule has 0 fully saturated rings. The second-order valence-corrected chi connectivity index (χ2v) is 5.39. The zero-order valence-corrected chi connectivity index (χ0v) is 11.7. The third kappa shape index (κ3) is 3.48. The Morgan fingerprint density at radius 1 is 1.39 bits per heavy atom. The molecule has 3 N–H and O–H groups in total. The minimum absolute atomic E-state index is 0.283. The molecule has 5 heteroatoms. The van der Waals surface area contributed by atoms with Gasteiger partial charge < -0.3 is 15.5 Å². The highest BCUT2D eigenvalue weighted by Gasteiger charge is 2.25. The number of thioether (sulfide) groups is 1. The first-order valence-electron chi connectivity index (χ1n) is 5.64. The molecule has 0 aromatic heterocycles. The summed E-state index contributed by atoms with van der Waals surface area (Å²) in [6.45, 7) is 2.83. The zero-order chi connectivity index (χ0) is 13.8. The number of hydrogen-bond acceptors (Lipinski definition) is 4. The topological polar surface area (TPSA) is 69.6 Å². The molecular weight excluding hydrogens is 250 g/mol. The van der Waals surface area contributed by atoms with Crippen molar-refractivity contribution in [3.8, 4) is 0 Å². The van der Waals surface area contributed by atoms with Gasteiger partial charge in [-0.1, -0.05) is 6.07 Å². The van der Waals surface area contributed by atoms with Crippen LogP contribution in [0.3, 0.4) is 0 Å². The minimum atomic E-state index is -1.00. The smallest absolute Gasteiger partial charge is 0.252 e. The maximum Gasteiger partial charge on any atom is 0.252 e. The van der Waals surface area contributed by atoms with Crippen LogP contribution in [-0.4, -0.2) is 41.1 Å². The molecule has 1 aromatic carbocycles. The Morgan fingerprint density at radius 3 is 2.50 bits per heavy atom. The van der Waals surface area contributed by atoms with E-state index >= 15 is 0 Å². The molecule has 0 spiro atoms. The number of rotatable bonds is 5. The monoisotopic (exact) mass is 269 g/mol. The largest absolute Gasteiger partial charge is 0.394 e. The van der Waals surface area contributed by atoms with Crippen LogP contribution in [-0.2, 0) is 0 Å². The Morgan fingerprint density at radius 2 is 2.00 bits per heavy atom. The Kier molecular flexibility index (Phi) is 5.19. The molecule has 0 heterocycles. The van der Waals surface area contributed by atoms with Gasteiger partial charge in [0.1, 0.15) is 0 Å². The summed E-state index contributed by atoms with van der Waals surface area (Å²) in [6.07, 6.45) is 1.94. The van der Waals surface area contributed by atoms with Crippen LogP contribution in [0.5, 0.6) is 0 Å². The van der Waals surface area contributed by atoms with Crippen LogP contribution in [0.2, 0.25) is 0 Å². The first kappa shape index (κ1) is 15.0. The summed E-state index contributed by atoms with van der Waals surface area (Å²) >= 11 is 1.56. The van der Waals surface area contributed by atoms with Crippen LogP contribution in [0, 0.1) is 6.92 Å². The average Bonchev–Trinajstić information content (AvgIpc) is 2.39. The normalized spacial score (nSPS) is 11.4. The van der Waals surface area contributed by atoms with Crippen molar-refractivity contribution in [1.82, 2.24) is 5.32 Å². The summed E-state index contributed by atoms with van der Waals surface area (Å²) in [5.74, 6) is -0.283. The molecule has 18 heavy (non-hydrogen) atoms. The van der Waals surface area contributed by atoms with Gasteiger partial charge in [0.2, 0.25) is 0 Å². The van der Waals surface area contributed by atoms with Gasteiger partial charge in [-0.2, -0.15) is 0 Å². The van der Waals surface area contributed by atoms with Crippen LogP contribution in [0.1, 0.15) is 22.8 Å². The lowest BCUT2D eigenvalue weighted by atomic mass is 10.0. The molecule has 0 aliphatic carbocycles. The number of aliphatic hydroxyl groups is 2. The van der Waals surface area contributed by atoms with Gasteiger partial charge in [-0.3, -0.25) is 4.79 Å². The predicted octanol–water partition coefficient (Wildman–Crippen LogP) is 1.19. The van der Waals surface area contributed by atoms with Crippen molar-refractivity contribution in [2.75, 3.05) is 19.5 Å². The lowest BCUT2D eigenvalue weighted by Crippen LogP contribution is -2.51. The molecule has 0 saturated heterocycles. The number of nitrogens with one attached hydrogen (secondary N) is 1. The summed E-state index contributed by atoms with van der Waals surface area (Å²) in [6, 6.07) is 5.65. The standard InChI is InChI=1S/C13H19NO3S/c1-9-4-5-10(18-3)6-11(9)12(17)14-13(2,7-15)8-16/h4-6,15-16H,7-8H2,1-3H3,(H,14,17). The maximum atomic E-state index is 12.1. The van der Waals surface area contributed by atoms with E-state index in [1.165, 1.54) is 0 Å². The van der Waals surface area contributed by atoms with Crippen molar-refractivity contribution in [1.29, 1.82) is 0 Å². The molecule has 0 unspecified atom stereocenters. The highest BCUT2D eigenvalue weighted by atomic mass is 32.2. The van der Waals surface area contributed by atoms with Crippen molar-refractivity contribution in [2.45, 2.75) is 24.3 Å². The summed E-state index contributed by atoms with van der Waals surface area (Å²) in [4.78, 5) is 13.1. The number of amides is 1. The first-order chi connectivity index (χ1) is 8.45. The SMILES string of the molecule is CSc1ccc(C)c(C(=O)NC(C)(CO)CO)c1. The van der Waals surface area contributed by atoms with E-state index in [4.69, 9.17) is 0 Å². The lowest BCUT2D eigenvalue weighted by Gasteiger charge is -2.26. The molecule has 0 radical (unpaired) electrons. The quantitative estimate of drug-likeness (QED) is 0.702. The predicted molar refractivity (Wildman–Crippen MR) is 73.0 cm³/mol. The van der Waals surface area contributed by atoms with E-state index in [0.29, 0.717) is 5.56 Å². The molecule has 1 rings (SSSR count). The molecule has 0 bridgehead atoms. The van der Waals surface area contributed by atoms with Gasteiger partial charge in [0.05, 0.1) is 18.8 Å². The molecule has 0 atom stereocenters. The number of hydrogen-bond donors (Lipinski definition) is 3. The van der Waals surface area contributed by atoms with Crippen LogP contribution >= 0.6 is 11.8 Å². The molecule has 100 valence electrons. The third-order valence-electron chi connectivity index (χ3n) is 2.80. The Bertz CT molecular complexity index is 430. The molecule has 1 aromatic rings. The number of aryl methyl sites for hydroxylation is 1. The number of carbonyl (C=O) groups is 1. The fourth-order valence-corrected chi connectivity index (χ4v) is 1.88. The number of benzene rings is 1. The van der Waals surface area contributed by atoms with Gasteiger partial charge >= 0.3 is 0 Å². The van der Waals surface area contributed by atoms with Crippen LogP contribution < -0.4 is 5.32 Å². The molecule has 0 saturated carbocycles. The minimum Gasteiger partial charge on any atom is -0.394 e. The van der Waals surface area contributed by atoms with Gasteiger partial charge in [0, 0.05) is 10.5 Å². The van der Waals surface area contributed by atoms with Crippen molar-refractivity contribution in [3.05, 3.63) is 29.3 Å². The number of aliphatic hydroxyl groups excluding tert-OH is 2. The van der Waals surface area contributed by atoms with E-state index in [0.717, 1.165) is 10.5 Å². The Balaban J connectivity index is 2.97. The second-order valence-electron chi connectivity index (χ2n) is 4.51. The van der Waals surface area contributed by atoms with Crippen LogP contribution in [0.4, 0.5) is 0 Å². The lowest BCUT2D eigenvalue weighted by molar-refractivity contribution is 0.0723. The summed E-state index contributed by atoms with van der Waals surface area (Å²) in [5, 5.41) is 21.0. The fraction of sp³-hybridized carbons (Fsp3) is 0.462. The van der Waals surface area contributed by atoms with Crippen molar-refractivity contribution in [3.63, 3.8) is 0 Å². The van der Waals surface area contributed by atoms with Crippen LogP contribution in [0.25, 0.3) is 0 Å². The Labute approximate surface area is 111 Å². The van der Waals surface area contributed by atoms with E-state index in [1.807, 2.05) is 31.4 Å². The third-order valence-corrected chi connectivity index (χ3v) is 3.53. The van der Waals surface area contributed by atoms with Gasteiger partial charge in [-0.25, -0.2) is 0 Å². The Hall–Kier alpha value is -1.04. The van der Waals surface area contributed by atoms with E-state index in [1.54, 1.807) is 18.7 Å². The van der Waals surface area contributed by atoms with Gasteiger partial charge in [-0.15, -0.1) is 11.8 Å². The highest BCUT2D eigenvalue weighted by Crippen LogP contribution is 2.19. The summed E-state index contributed by atoms with van der Waals surface area (Å²) in [7, 11) is 0. The molecule has 0 aliphatic rings. The molecule has 4 nitrogen and oxygen atoms in total. The number of carbonyl (C=O) groups excluding carboxylic acids is 1. The van der Waals surface area contributed by atoms with Gasteiger partial charge in [0.25, 0.3) is 5.91 Å². The summed E-state index contributed by atoms with van der Waals surface area (Å²) < 4.78 is 0. The van der Waals surface area contributed by atoms with Crippen molar-refractivity contribution >= 4 is 17.7 Å². The molecular formula is C13H19NO3S. The van der Waals surface area contributed by atoms with E-state index in [-0.39, 0.29) is 19.1 Å². The highest BCUT2D eigenvalue weighted by molar-refractivity contribution is 7.98. The van der Waals surface area contributed by atoms with Crippen molar-refractivity contribution < 1.29 is 15.0 Å². The van der Waals surface area contributed by atoms with E-state index in [2.05, 4.69) is 5.32 Å². The fourth-order valence-electron chi connectivity index (χ4n) is 1.44. The van der Waals surface area contributed by atoms with Crippen LogP contribution in [0.15, 0.2) is 23.1 Å². The first-order valence-corrected chi connectivity index (χ1v) is 6.87. The molecule has 1 amide bonds. The maximum absolute atomic E-state index is 12.1. The van der Waals surface area contributed by atoms with E-state index in [9.17, 15) is 15.0 Å². The zero-order valence-electron chi connectivity index (χ0n) is 10.9. The summed E-state index contributed by atoms with van der Waals surface area (Å²) in [5.41, 5.74) is 0.428. The average molecular weight is 269 g/mol. The molecule has 0 aliphatic heterocycles. The van der Waals surface area contributed by atoms with Crippen molar-refractivity contribution in [2.24, 2.45) is 0 Å². The van der Waals surface area contributed by atoms with Gasteiger partial charge in [0.15, 0.2) is 0 Å². The van der Waals surface area contributed by atoms with E-state index < -0.39 is 5.54 Å². The second kappa shape index (κ2) is 6.22. The van der Waals surface area contributed by atoms with Gasteiger partial charge in [-0.05, 0) is 37.8 Å².